The minimum absolute atomic E-state index is 0.244. The van der Waals surface area contributed by atoms with E-state index in [1.807, 2.05) is 59.4 Å². The topological polar surface area (TPSA) is 67.2 Å². The Morgan fingerprint density at radius 1 is 1.12 bits per heavy atom. The van der Waals surface area contributed by atoms with Crippen molar-refractivity contribution in [2.24, 2.45) is 0 Å². The molecule has 0 bridgehead atoms. The first kappa shape index (κ1) is 16.9. The molecule has 5 nitrogen and oxygen atoms in total. The van der Waals surface area contributed by atoms with Gasteiger partial charge in [-0.1, -0.05) is 30.3 Å². The number of carbonyl (C=O) groups excluding carboxylic acids is 1. The molecule has 0 radical (unpaired) electrons. The third kappa shape index (κ3) is 4.33. The molecule has 0 aliphatic carbocycles. The van der Waals surface area contributed by atoms with Crippen LogP contribution in [0.3, 0.4) is 0 Å². The van der Waals surface area contributed by atoms with E-state index in [1.165, 1.54) is 0 Å². The second-order valence-electron chi connectivity index (χ2n) is 6.01. The highest BCUT2D eigenvalue weighted by Crippen LogP contribution is 2.09. The van der Waals surface area contributed by atoms with Crippen LogP contribution in [0.25, 0.3) is 5.82 Å². The number of nitrogens with one attached hydrogen (secondary N) is 1. The highest BCUT2D eigenvalue weighted by Gasteiger charge is 2.18. The second-order valence-corrected chi connectivity index (χ2v) is 6.01. The number of hydrogen-bond donors (Lipinski definition) is 2. The summed E-state index contributed by atoms with van der Waals surface area (Å²) < 4.78 is 1.87. The first-order valence-corrected chi connectivity index (χ1v) is 8.26. The third-order valence-electron chi connectivity index (χ3n) is 4.10. The predicted octanol–water partition coefficient (Wildman–Crippen LogP) is 2.59. The number of hydrogen-bond acceptors (Lipinski definition) is 3. The van der Waals surface area contributed by atoms with Crippen molar-refractivity contribution in [1.29, 1.82) is 0 Å². The van der Waals surface area contributed by atoms with Crippen LogP contribution in [0, 0.1) is 0 Å². The molecule has 128 valence electrons. The lowest BCUT2D eigenvalue weighted by Gasteiger charge is -2.20. The molecule has 1 amide bonds. The smallest absolute Gasteiger partial charge is 0.253 e. The summed E-state index contributed by atoms with van der Waals surface area (Å²) in [5.41, 5.74) is 1.50. The third-order valence-corrected chi connectivity index (χ3v) is 4.10. The molecule has 0 fully saturated rings. The fourth-order valence-corrected chi connectivity index (χ4v) is 2.58. The Hall–Kier alpha value is -2.92. The molecule has 2 unspecified atom stereocenters. The largest absolute Gasteiger partial charge is 0.391 e. The summed E-state index contributed by atoms with van der Waals surface area (Å²) in [7, 11) is 0. The van der Waals surface area contributed by atoms with Gasteiger partial charge in [-0.2, -0.15) is 0 Å². The Balaban J connectivity index is 1.59. The van der Waals surface area contributed by atoms with E-state index in [9.17, 15) is 9.90 Å². The second kappa shape index (κ2) is 7.77. The van der Waals surface area contributed by atoms with Crippen molar-refractivity contribution in [2.75, 3.05) is 0 Å². The lowest BCUT2D eigenvalue weighted by molar-refractivity contribution is 0.0851. The fourth-order valence-electron chi connectivity index (χ4n) is 2.58. The van der Waals surface area contributed by atoms with Crippen LogP contribution in [0.4, 0.5) is 0 Å². The maximum Gasteiger partial charge on any atom is 0.253 e. The monoisotopic (exact) mass is 335 g/mol. The van der Waals surface area contributed by atoms with Crippen LogP contribution in [0.15, 0.2) is 73.2 Å². The molecule has 0 saturated heterocycles. The van der Waals surface area contributed by atoms with Crippen molar-refractivity contribution < 1.29 is 9.90 Å². The van der Waals surface area contributed by atoms with Gasteiger partial charge in [-0.3, -0.25) is 4.79 Å². The van der Waals surface area contributed by atoms with E-state index in [2.05, 4.69) is 10.3 Å². The summed E-state index contributed by atoms with van der Waals surface area (Å²) in [5.74, 6) is 0.505. The van der Waals surface area contributed by atoms with E-state index in [0.29, 0.717) is 12.0 Å². The minimum Gasteiger partial charge on any atom is -0.391 e. The van der Waals surface area contributed by atoms with Crippen LogP contribution in [-0.2, 0) is 6.42 Å². The average molecular weight is 335 g/mol. The van der Waals surface area contributed by atoms with Crippen LogP contribution >= 0.6 is 0 Å². The van der Waals surface area contributed by atoms with E-state index >= 15 is 0 Å². The number of aliphatic hydroxyl groups is 1. The molecule has 2 aromatic heterocycles. The molecule has 2 N–H and O–H groups in total. The van der Waals surface area contributed by atoms with Crippen LogP contribution in [0.2, 0.25) is 0 Å². The standard InChI is InChI=1S/C20H21N3O2/c1-15(18(24)13-16-7-3-2-4-8-16)22-20(25)17-9-10-19(21-14-17)23-11-5-6-12-23/h2-12,14-15,18,24H,13H2,1H3,(H,22,25). The summed E-state index contributed by atoms with van der Waals surface area (Å²) in [5, 5.41) is 13.1. The first-order valence-electron chi connectivity index (χ1n) is 8.26. The number of carbonyl (C=O) groups is 1. The average Bonchev–Trinajstić information content (AvgIpc) is 3.17. The van der Waals surface area contributed by atoms with Gasteiger partial charge in [0.2, 0.25) is 0 Å². The van der Waals surface area contributed by atoms with Gasteiger partial charge >= 0.3 is 0 Å². The zero-order valence-corrected chi connectivity index (χ0v) is 14.0. The molecule has 3 aromatic rings. The van der Waals surface area contributed by atoms with E-state index in [4.69, 9.17) is 0 Å². The van der Waals surface area contributed by atoms with Crippen molar-refractivity contribution in [3.63, 3.8) is 0 Å². The van der Waals surface area contributed by atoms with Gasteiger partial charge in [0.15, 0.2) is 0 Å². The number of benzene rings is 1. The van der Waals surface area contributed by atoms with Crippen LogP contribution in [-0.4, -0.2) is 32.7 Å². The molecule has 0 aliphatic rings. The van der Waals surface area contributed by atoms with Crippen molar-refractivity contribution in [1.82, 2.24) is 14.9 Å². The van der Waals surface area contributed by atoms with Gasteiger partial charge in [-0.25, -0.2) is 4.98 Å². The Labute approximate surface area is 147 Å². The van der Waals surface area contributed by atoms with Gasteiger partial charge < -0.3 is 15.0 Å². The van der Waals surface area contributed by atoms with Gasteiger partial charge in [0.1, 0.15) is 5.82 Å². The molecule has 0 spiro atoms. The summed E-state index contributed by atoms with van der Waals surface area (Å²) in [6.45, 7) is 1.80. The molecular weight excluding hydrogens is 314 g/mol. The molecule has 5 heteroatoms. The maximum absolute atomic E-state index is 12.3. The van der Waals surface area contributed by atoms with E-state index in [-0.39, 0.29) is 11.9 Å². The summed E-state index contributed by atoms with van der Waals surface area (Å²) >= 11 is 0. The minimum atomic E-state index is -0.654. The Kier molecular flexibility index (Phi) is 5.26. The fraction of sp³-hybridized carbons (Fsp3) is 0.200. The zero-order chi connectivity index (χ0) is 17.6. The first-order chi connectivity index (χ1) is 12.1. The molecular formula is C20H21N3O2. The van der Waals surface area contributed by atoms with Crippen molar-refractivity contribution in [3.8, 4) is 5.82 Å². The Bertz CT molecular complexity index is 799. The van der Waals surface area contributed by atoms with Crippen LogP contribution in [0.5, 0.6) is 0 Å². The Morgan fingerprint density at radius 3 is 2.48 bits per heavy atom. The molecule has 2 atom stereocenters. The number of pyridine rings is 1. The lowest BCUT2D eigenvalue weighted by atomic mass is 10.0. The molecule has 25 heavy (non-hydrogen) atoms. The van der Waals surface area contributed by atoms with E-state index in [0.717, 1.165) is 11.4 Å². The molecule has 2 heterocycles. The maximum atomic E-state index is 12.3. The highest BCUT2D eigenvalue weighted by molar-refractivity contribution is 5.94. The normalized spacial score (nSPS) is 13.2. The van der Waals surface area contributed by atoms with E-state index < -0.39 is 6.10 Å². The number of aromatic nitrogens is 2. The van der Waals surface area contributed by atoms with Gasteiger partial charge in [-0.05, 0) is 36.8 Å². The molecule has 0 saturated carbocycles. The molecule has 3 rings (SSSR count). The van der Waals surface area contributed by atoms with Crippen LogP contribution in [0.1, 0.15) is 22.8 Å². The number of amides is 1. The van der Waals surface area contributed by atoms with E-state index in [1.54, 1.807) is 25.3 Å². The quantitative estimate of drug-likeness (QED) is 0.728. The van der Waals surface area contributed by atoms with Gasteiger partial charge in [0.05, 0.1) is 17.7 Å². The Morgan fingerprint density at radius 2 is 1.84 bits per heavy atom. The van der Waals surface area contributed by atoms with Crippen molar-refractivity contribution in [2.45, 2.75) is 25.5 Å². The zero-order valence-electron chi connectivity index (χ0n) is 14.0. The van der Waals surface area contributed by atoms with Crippen molar-refractivity contribution >= 4 is 5.91 Å². The number of nitrogens with zero attached hydrogens (tertiary/aromatic N) is 2. The van der Waals surface area contributed by atoms with Crippen molar-refractivity contribution in [3.05, 3.63) is 84.3 Å². The number of aliphatic hydroxyl groups excluding tert-OH is 1. The van der Waals surface area contributed by atoms with Gasteiger partial charge in [0.25, 0.3) is 5.91 Å². The molecule has 0 aliphatic heterocycles. The predicted molar refractivity (Wildman–Crippen MR) is 96.6 cm³/mol. The summed E-state index contributed by atoms with van der Waals surface area (Å²) in [4.78, 5) is 16.6. The summed E-state index contributed by atoms with van der Waals surface area (Å²) in [6.07, 6.45) is 5.17. The SMILES string of the molecule is CC(NC(=O)c1ccc(-n2cccc2)nc1)C(O)Cc1ccccc1. The lowest BCUT2D eigenvalue weighted by Crippen LogP contribution is -2.42. The van der Waals surface area contributed by atoms with Gasteiger partial charge in [-0.15, -0.1) is 0 Å². The van der Waals surface area contributed by atoms with Crippen LogP contribution < -0.4 is 5.32 Å². The summed E-state index contributed by atoms with van der Waals surface area (Å²) in [6, 6.07) is 16.7. The van der Waals surface area contributed by atoms with Gasteiger partial charge in [0, 0.05) is 25.0 Å². The highest BCUT2D eigenvalue weighted by atomic mass is 16.3. The molecule has 1 aromatic carbocycles. The number of rotatable bonds is 6.